The summed E-state index contributed by atoms with van der Waals surface area (Å²) in [5.74, 6) is 0. The molecule has 0 aromatic rings. The third-order valence-electron chi connectivity index (χ3n) is 0. The van der Waals surface area contributed by atoms with E-state index in [1.165, 1.54) is 0 Å². The first-order valence-corrected chi connectivity index (χ1v) is 4.61. The van der Waals surface area contributed by atoms with Crippen molar-refractivity contribution in [1.82, 2.24) is 0 Å². The Bertz CT molecular complexity index is 55.8. The van der Waals surface area contributed by atoms with Crippen molar-refractivity contribution < 1.29 is 4.89 Å². The molecule has 5 heavy (non-hydrogen) atoms. The van der Waals surface area contributed by atoms with Crippen molar-refractivity contribution >= 4 is 29.7 Å². The van der Waals surface area contributed by atoms with Gasteiger partial charge in [0.15, 0.2) is 0 Å². The third kappa shape index (κ3) is 49.6. The Hall–Kier alpha value is 0.920. The van der Waals surface area contributed by atoms with Gasteiger partial charge in [-0.15, -0.1) is 11.8 Å². The normalized spacial score (nSPS) is 21.4. The first-order chi connectivity index (χ1) is 2.00. The van der Waals surface area contributed by atoms with Crippen LogP contribution in [0.5, 0.6) is 0 Å². The Kier molecular flexibility index (Phi) is 1.87. The van der Waals surface area contributed by atoms with Crippen LogP contribution in [0.3, 0.4) is 0 Å². The molecule has 2 nitrogen and oxygen atoms in total. The van der Waals surface area contributed by atoms with E-state index in [4.69, 9.17) is 0 Å². The molecule has 0 rings (SSSR count). The van der Waals surface area contributed by atoms with Crippen LogP contribution >= 0.6 is 5.62 Å². The van der Waals surface area contributed by atoms with E-state index in [1.807, 2.05) is 0 Å². The highest BCUT2D eigenvalue weighted by Gasteiger charge is 1.51. The van der Waals surface area contributed by atoms with E-state index in [0.29, 0.717) is 0 Å². The monoisotopic (exact) mass is 127 g/mol. The highest BCUT2D eigenvalue weighted by molar-refractivity contribution is 8.51. The van der Waals surface area contributed by atoms with Crippen LogP contribution in [-0.2, 0) is 24.1 Å². The molecule has 1 unspecified atom stereocenters. The van der Waals surface area contributed by atoms with Crippen LogP contribution in [0.1, 0.15) is 0 Å². The molecular weight excluding hydrogens is 125 g/mol. The summed E-state index contributed by atoms with van der Waals surface area (Å²) in [7, 11) is 0. The first-order valence-electron chi connectivity index (χ1n) is 0.806. The molecule has 0 heterocycles. The molecule has 0 aliphatic heterocycles. The van der Waals surface area contributed by atoms with Gasteiger partial charge in [0.25, 0.3) is 0 Å². The molecule has 0 saturated carbocycles. The first kappa shape index (κ1) is 5.92. The van der Waals surface area contributed by atoms with Gasteiger partial charge in [0.05, 0.1) is 0 Å². The lowest BCUT2D eigenvalue weighted by Crippen LogP contribution is -2.04. The van der Waals surface area contributed by atoms with Gasteiger partial charge < -0.3 is 22.6 Å². The van der Waals surface area contributed by atoms with E-state index in [-0.39, 0.29) is 0 Å². The van der Waals surface area contributed by atoms with Gasteiger partial charge >= 0.3 is 0 Å². The Morgan fingerprint density at radius 1 is 2.00 bits per heavy atom. The SMILES string of the molecule is NP([O-])(=S)[S-]. The van der Waals surface area contributed by atoms with Crippen LogP contribution in [-0.4, -0.2) is 0 Å². The highest BCUT2D eigenvalue weighted by atomic mass is 32.9. The van der Waals surface area contributed by atoms with Gasteiger partial charge in [-0.25, -0.2) is 5.62 Å². The van der Waals surface area contributed by atoms with E-state index in [1.54, 1.807) is 0 Å². The quantitative estimate of drug-likeness (QED) is 0.337. The van der Waals surface area contributed by atoms with Crippen molar-refractivity contribution in [2.24, 2.45) is 5.50 Å². The molecule has 0 amide bonds. The zero-order valence-electron chi connectivity index (χ0n) is 2.25. The standard InChI is InChI=1S/H4NOPS2/c1-3(2,4)5/h(H4,1,2,4,5)/p-2. The smallest absolute Gasteiger partial charge is 0.126 e. The fourth-order valence-corrected chi connectivity index (χ4v) is 0. The lowest BCUT2D eigenvalue weighted by molar-refractivity contribution is -0.155. The van der Waals surface area contributed by atoms with Crippen LogP contribution in [0.2, 0.25) is 0 Å². The van der Waals surface area contributed by atoms with E-state index in [9.17, 15) is 4.89 Å². The lowest BCUT2D eigenvalue weighted by atomic mass is 13.9. The summed E-state index contributed by atoms with van der Waals surface area (Å²) < 4.78 is 0. The molecule has 32 valence electrons. The van der Waals surface area contributed by atoms with E-state index in [0.717, 1.165) is 0 Å². The molecule has 0 spiro atoms. The lowest BCUT2D eigenvalue weighted by Gasteiger charge is -2.28. The number of hydrogen-bond donors (Lipinski definition) is 1. The molecule has 0 aliphatic rings. The minimum Gasteiger partial charge on any atom is -0.828 e. The predicted octanol–water partition coefficient (Wildman–Crippen LogP) is -0.923. The molecule has 5 heteroatoms. The molecule has 0 saturated heterocycles. The molecule has 1 atom stereocenters. The van der Waals surface area contributed by atoms with Crippen LogP contribution in [0, 0.1) is 0 Å². The van der Waals surface area contributed by atoms with Gasteiger partial charge in [-0.05, 0) is 0 Å². The number of rotatable bonds is 0. The molecule has 0 aromatic carbocycles. The maximum Gasteiger partial charge on any atom is -0.126 e. The zero-order chi connectivity index (χ0) is 4.50. The van der Waals surface area contributed by atoms with Crippen molar-refractivity contribution in [3.05, 3.63) is 0 Å². The summed E-state index contributed by atoms with van der Waals surface area (Å²) in [5, 5.41) is 0. The van der Waals surface area contributed by atoms with Crippen LogP contribution in [0.4, 0.5) is 0 Å². The fraction of sp³-hybridized carbons (Fsp3) is 0. The molecule has 0 aromatic heterocycles. The predicted molar refractivity (Wildman–Crippen MR) is 25.8 cm³/mol. The maximum absolute atomic E-state index is 9.62. The topological polar surface area (TPSA) is 49.1 Å². The van der Waals surface area contributed by atoms with Gasteiger partial charge in [0.2, 0.25) is 0 Å². The van der Waals surface area contributed by atoms with E-state index in [2.05, 4.69) is 29.6 Å². The van der Waals surface area contributed by atoms with Crippen molar-refractivity contribution in [2.45, 2.75) is 0 Å². The van der Waals surface area contributed by atoms with E-state index < -0.39 is 5.62 Å². The summed E-state index contributed by atoms with van der Waals surface area (Å²) >= 11 is 7.95. The summed E-state index contributed by atoms with van der Waals surface area (Å²) in [5.41, 5.74) is 1.57. The van der Waals surface area contributed by atoms with Crippen molar-refractivity contribution in [1.29, 1.82) is 0 Å². The summed E-state index contributed by atoms with van der Waals surface area (Å²) in [4.78, 5) is 9.62. The van der Waals surface area contributed by atoms with Crippen LogP contribution in [0.15, 0.2) is 0 Å². The molecule has 2 N–H and O–H groups in total. The molecular formula is H2NOPS2-2. The van der Waals surface area contributed by atoms with Gasteiger partial charge in [-0.1, -0.05) is 0 Å². The highest BCUT2D eigenvalue weighted by Crippen LogP contribution is 2.17. The Balaban J connectivity index is 3.47. The average molecular weight is 127 g/mol. The molecule has 0 radical (unpaired) electrons. The van der Waals surface area contributed by atoms with Crippen molar-refractivity contribution in [2.75, 3.05) is 0 Å². The van der Waals surface area contributed by atoms with Crippen LogP contribution < -0.4 is 10.4 Å². The van der Waals surface area contributed by atoms with Crippen molar-refractivity contribution in [3.63, 3.8) is 0 Å². The molecule has 0 fully saturated rings. The van der Waals surface area contributed by atoms with Gasteiger partial charge in [-0.2, -0.15) is 0 Å². The number of hydrogen-bond acceptors (Lipinski definition) is 3. The fourth-order valence-electron chi connectivity index (χ4n) is 0. The maximum atomic E-state index is 9.62. The molecule has 0 aliphatic carbocycles. The summed E-state index contributed by atoms with van der Waals surface area (Å²) in [6.07, 6.45) is 0. The minimum absolute atomic E-state index is 2.97. The minimum atomic E-state index is -2.97. The third-order valence-corrected chi connectivity index (χ3v) is 0. The largest absolute Gasteiger partial charge is 0.828 e. The van der Waals surface area contributed by atoms with Gasteiger partial charge in [-0.3, -0.25) is 0 Å². The second kappa shape index (κ2) is 1.58. The Labute approximate surface area is 40.7 Å². The Morgan fingerprint density at radius 3 is 2.00 bits per heavy atom. The average Bonchev–Trinajstić information content (AvgIpc) is 0.722. The van der Waals surface area contributed by atoms with Gasteiger partial charge in [0, 0.05) is 0 Å². The van der Waals surface area contributed by atoms with E-state index >= 15 is 0 Å². The number of nitrogens with two attached hydrogens (primary N) is 1. The molecule has 0 bridgehead atoms. The van der Waals surface area contributed by atoms with Gasteiger partial charge in [0.1, 0.15) is 0 Å². The van der Waals surface area contributed by atoms with Crippen molar-refractivity contribution in [3.8, 4) is 0 Å². The van der Waals surface area contributed by atoms with Crippen LogP contribution in [0.25, 0.3) is 0 Å². The zero-order valence-corrected chi connectivity index (χ0v) is 4.78. The summed E-state index contributed by atoms with van der Waals surface area (Å²) in [6, 6.07) is 0. The Morgan fingerprint density at radius 2 is 2.00 bits per heavy atom. The second-order valence-corrected chi connectivity index (χ2v) is 5.57. The summed E-state index contributed by atoms with van der Waals surface area (Å²) in [6.45, 7) is 0. The second-order valence-electron chi connectivity index (χ2n) is 0.540.